The normalized spacial score (nSPS) is 15.6. The van der Waals surface area contributed by atoms with Gasteiger partial charge >= 0.3 is 0 Å². The summed E-state index contributed by atoms with van der Waals surface area (Å²) in [5.74, 6) is 1.76. The zero-order chi connectivity index (χ0) is 22.2. The number of aliphatic hydroxyl groups is 1. The minimum Gasteiger partial charge on any atom is -0.494 e. The molecule has 32 heavy (non-hydrogen) atoms. The Morgan fingerprint density at radius 2 is 1.75 bits per heavy atom. The van der Waals surface area contributed by atoms with E-state index in [9.17, 15) is 5.11 Å². The monoisotopic (exact) mass is 427 g/mol. The van der Waals surface area contributed by atoms with Crippen molar-refractivity contribution in [3.63, 3.8) is 0 Å². The Morgan fingerprint density at radius 3 is 2.41 bits per heavy atom. The Balaban J connectivity index is 1.34. The molecular weight excluding hydrogens is 398 g/mol. The molecule has 1 saturated carbocycles. The lowest BCUT2D eigenvalue weighted by atomic mass is 9.76. The third kappa shape index (κ3) is 4.92. The number of ether oxygens (including phenoxy) is 1. The van der Waals surface area contributed by atoms with Gasteiger partial charge in [0.15, 0.2) is 0 Å². The molecule has 0 aliphatic heterocycles. The van der Waals surface area contributed by atoms with E-state index in [2.05, 4.69) is 16.4 Å². The maximum atomic E-state index is 11.8. The summed E-state index contributed by atoms with van der Waals surface area (Å²) < 4.78 is 5.71. The van der Waals surface area contributed by atoms with Crippen molar-refractivity contribution in [1.29, 1.82) is 5.26 Å². The topological polar surface area (TPSA) is 78.2 Å². The Labute approximate surface area is 189 Å². The average Bonchev–Trinajstić information content (AvgIpc) is 3.40. The van der Waals surface area contributed by atoms with Crippen molar-refractivity contribution in [2.45, 2.75) is 37.7 Å². The van der Waals surface area contributed by atoms with E-state index in [0.29, 0.717) is 12.2 Å². The van der Waals surface area contributed by atoms with E-state index in [-0.39, 0.29) is 5.92 Å². The fourth-order valence-corrected chi connectivity index (χ4v) is 4.50. The van der Waals surface area contributed by atoms with Gasteiger partial charge in [-0.25, -0.2) is 4.98 Å². The van der Waals surface area contributed by atoms with Crippen molar-refractivity contribution >= 4 is 5.82 Å². The van der Waals surface area contributed by atoms with Crippen molar-refractivity contribution in [3.05, 3.63) is 89.6 Å². The van der Waals surface area contributed by atoms with Gasteiger partial charge in [0, 0.05) is 18.3 Å². The predicted octanol–water partition coefficient (Wildman–Crippen LogP) is 5.26. The summed E-state index contributed by atoms with van der Waals surface area (Å²) in [7, 11) is 0. The first-order valence-electron chi connectivity index (χ1n) is 11.3. The van der Waals surface area contributed by atoms with Crippen LogP contribution in [0.5, 0.6) is 5.75 Å². The average molecular weight is 428 g/mol. The van der Waals surface area contributed by atoms with E-state index in [1.54, 1.807) is 18.3 Å². The van der Waals surface area contributed by atoms with Gasteiger partial charge < -0.3 is 15.2 Å². The molecule has 0 bridgehead atoms. The summed E-state index contributed by atoms with van der Waals surface area (Å²) in [6.07, 6.45) is 7.02. The van der Waals surface area contributed by atoms with E-state index in [4.69, 9.17) is 10.00 Å². The lowest BCUT2D eigenvalue weighted by Crippen LogP contribution is -2.35. The zero-order valence-electron chi connectivity index (χ0n) is 18.2. The van der Waals surface area contributed by atoms with Gasteiger partial charge in [-0.2, -0.15) is 5.26 Å². The quantitative estimate of drug-likeness (QED) is 0.456. The van der Waals surface area contributed by atoms with E-state index >= 15 is 0 Å². The number of pyridine rings is 1. The summed E-state index contributed by atoms with van der Waals surface area (Å²) in [6, 6.07) is 23.1. The van der Waals surface area contributed by atoms with Crippen LogP contribution in [0.3, 0.4) is 0 Å². The Bertz CT molecular complexity index is 1020. The molecule has 1 aromatic heterocycles. The van der Waals surface area contributed by atoms with Gasteiger partial charge in [-0.1, -0.05) is 49.2 Å². The Kier molecular flexibility index (Phi) is 7.03. The van der Waals surface area contributed by atoms with Crippen molar-refractivity contribution < 1.29 is 9.84 Å². The molecule has 0 saturated heterocycles. The molecule has 2 N–H and O–H groups in total. The third-order valence-corrected chi connectivity index (χ3v) is 6.24. The molecule has 0 radical (unpaired) electrons. The van der Waals surface area contributed by atoms with Crippen molar-refractivity contribution in [2.24, 2.45) is 5.92 Å². The van der Waals surface area contributed by atoms with E-state index in [0.717, 1.165) is 61.3 Å². The summed E-state index contributed by atoms with van der Waals surface area (Å²) in [4.78, 5) is 4.57. The molecule has 164 valence electrons. The van der Waals surface area contributed by atoms with Crippen LogP contribution in [0.2, 0.25) is 0 Å². The molecule has 1 unspecified atom stereocenters. The van der Waals surface area contributed by atoms with Crippen molar-refractivity contribution in [3.8, 4) is 11.8 Å². The number of nitriles is 1. The van der Waals surface area contributed by atoms with Crippen LogP contribution in [0.15, 0.2) is 72.9 Å². The van der Waals surface area contributed by atoms with Crippen molar-refractivity contribution in [2.75, 3.05) is 18.5 Å². The highest BCUT2D eigenvalue weighted by Crippen LogP contribution is 2.44. The molecule has 1 aliphatic rings. The summed E-state index contributed by atoms with van der Waals surface area (Å²) in [5, 5.41) is 24.0. The number of anilines is 1. The highest BCUT2D eigenvalue weighted by atomic mass is 16.5. The van der Waals surface area contributed by atoms with Gasteiger partial charge in [-0.15, -0.1) is 0 Å². The number of nitrogens with one attached hydrogen (secondary N) is 1. The van der Waals surface area contributed by atoms with Crippen LogP contribution >= 0.6 is 0 Å². The van der Waals surface area contributed by atoms with Gasteiger partial charge in [-0.05, 0) is 61.1 Å². The number of aromatic nitrogens is 1. The molecular formula is C27H29N3O2. The van der Waals surface area contributed by atoms with Gasteiger partial charge in [0.25, 0.3) is 0 Å². The molecule has 2 aromatic carbocycles. The van der Waals surface area contributed by atoms with Gasteiger partial charge in [0.2, 0.25) is 0 Å². The largest absolute Gasteiger partial charge is 0.494 e. The molecule has 1 heterocycles. The van der Waals surface area contributed by atoms with Crippen LogP contribution in [0.4, 0.5) is 5.82 Å². The van der Waals surface area contributed by atoms with E-state index in [1.807, 2.05) is 54.6 Å². The molecule has 5 nitrogen and oxygen atoms in total. The zero-order valence-corrected chi connectivity index (χ0v) is 18.2. The lowest BCUT2D eigenvalue weighted by Gasteiger charge is -2.35. The minimum absolute atomic E-state index is 0.213. The summed E-state index contributed by atoms with van der Waals surface area (Å²) in [6.45, 7) is 1.31. The highest BCUT2D eigenvalue weighted by molar-refractivity contribution is 5.42. The fraction of sp³-hybridized carbons (Fsp3) is 0.333. The fourth-order valence-electron chi connectivity index (χ4n) is 4.50. The number of benzene rings is 2. The van der Waals surface area contributed by atoms with Crippen LogP contribution in [0.1, 0.15) is 48.8 Å². The molecule has 0 amide bonds. The second kappa shape index (κ2) is 10.3. The van der Waals surface area contributed by atoms with Gasteiger partial charge in [0.05, 0.1) is 18.2 Å². The Hall–Kier alpha value is -3.36. The highest BCUT2D eigenvalue weighted by Gasteiger charge is 2.41. The number of rotatable bonds is 9. The molecule has 1 aliphatic carbocycles. The predicted molar refractivity (Wildman–Crippen MR) is 125 cm³/mol. The first kappa shape index (κ1) is 21.9. The SMILES string of the molecule is N#Cc1ccc(OCCCNc2ccc(C(O)(c3ccccc3)C3CCCC3)cn2)cc1. The Morgan fingerprint density at radius 1 is 1.00 bits per heavy atom. The smallest absolute Gasteiger partial charge is 0.125 e. The van der Waals surface area contributed by atoms with Crippen LogP contribution in [0.25, 0.3) is 0 Å². The van der Waals surface area contributed by atoms with Crippen molar-refractivity contribution in [1.82, 2.24) is 4.98 Å². The van der Waals surface area contributed by atoms with Crippen LogP contribution < -0.4 is 10.1 Å². The second-order valence-electron chi connectivity index (χ2n) is 8.31. The molecule has 4 rings (SSSR count). The molecule has 0 spiro atoms. The lowest BCUT2D eigenvalue weighted by molar-refractivity contribution is 0.0186. The number of hydrogen-bond donors (Lipinski definition) is 2. The number of nitrogens with zero attached hydrogens (tertiary/aromatic N) is 2. The molecule has 3 aromatic rings. The summed E-state index contributed by atoms with van der Waals surface area (Å²) in [5.41, 5.74) is 1.42. The maximum Gasteiger partial charge on any atom is 0.125 e. The van der Waals surface area contributed by atoms with Crippen LogP contribution in [-0.4, -0.2) is 23.2 Å². The van der Waals surface area contributed by atoms with Crippen LogP contribution in [-0.2, 0) is 5.60 Å². The number of hydrogen-bond acceptors (Lipinski definition) is 5. The third-order valence-electron chi connectivity index (χ3n) is 6.24. The molecule has 1 fully saturated rings. The van der Waals surface area contributed by atoms with E-state index < -0.39 is 5.60 Å². The molecule has 5 heteroatoms. The molecule has 1 atom stereocenters. The van der Waals surface area contributed by atoms with Gasteiger partial charge in [-0.3, -0.25) is 0 Å². The maximum absolute atomic E-state index is 11.8. The van der Waals surface area contributed by atoms with Crippen LogP contribution in [0, 0.1) is 17.2 Å². The standard InChI is InChI=1S/C27H29N3O2/c28-19-21-11-14-25(15-12-21)32-18-6-17-29-26-16-13-24(20-30-26)27(31,23-9-4-5-10-23)22-7-2-1-3-8-22/h1-3,7-8,11-16,20,23,31H,4-6,9-10,17-18H2,(H,29,30). The second-order valence-corrected chi connectivity index (χ2v) is 8.31. The summed E-state index contributed by atoms with van der Waals surface area (Å²) >= 11 is 0. The first-order valence-corrected chi connectivity index (χ1v) is 11.3. The minimum atomic E-state index is -1.00. The first-order chi connectivity index (χ1) is 15.7. The van der Waals surface area contributed by atoms with Gasteiger partial charge in [0.1, 0.15) is 17.2 Å². The van der Waals surface area contributed by atoms with E-state index in [1.165, 1.54) is 0 Å².